The number of halogens is 3. The van der Waals surface area contributed by atoms with Gasteiger partial charge in [-0.1, -0.05) is 6.42 Å². The summed E-state index contributed by atoms with van der Waals surface area (Å²) in [5.74, 6) is 0.767. The minimum absolute atomic E-state index is 0.00517. The Kier molecular flexibility index (Phi) is 6.80. The molecule has 1 aromatic carbocycles. The minimum atomic E-state index is -0.00517. The molecule has 1 aliphatic carbocycles. The molecule has 2 N–H and O–H groups in total. The molecule has 2 rings (SSSR count). The Bertz CT molecular complexity index is 507. The molecule has 1 saturated carbocycles. The van der Waals surface area contributed by atoms with Gasteiger partial charge in [0.25, 0.3) is 5.91 Å². The fourth-order valence-corrected chi connectivity index (χ4v) is 5.06. The molecule has 0 aromatic heterocycles. The molecule has 6 heteroatoms. The first kappa shape index (κ1) is 17.2. The molecule has 1 fully saturated rings. The summed E-state index contributed by atoms with van der Waals surface area (Å²) >= 11 is 6.72. The van der Waals surface area contributed by atoms with Crippen LogP contribution in [0.25, 0.3) is 0 Å². The first-order chi connectivity index (χ1) is 9.52. The molecule has 1 aromatic rings. The predicted molar refractivity (Wildman–Crippen MR) is 105 cm³/mol. The zero-order valence-corrected chi connectivity index (χ0v) is 17.3. The van der Waals surface area contributed by atoms with Crippen LogP contribution in [0.2, 0.25) is 0 Å². The minimum Gasteiger partial charge on any atom is -0.396 e. The van der Waals surface area contributed by atoms with Gasteiger partial charge in [-0.2, -0.15) is 0 Å². The molecule has 0 aliphatic heterocycles. The fraction of sp³-hybridized carbons (Fsp3) is 0.500. The van der Waals surface area contributed by atoms with E-state index in [1.807, 2.05) is 6.07 Å². The van der Waals surface area contributed by atoms with Crippen LogP contribution < -0.4 is 5.32 Å². The number of benzene rings is 1. The second-order valence-corrected chi connectivity index (χ2v) is 8.58. The van der Waals surface area contributed by atoms with Gasteiger partial charge in [-0.25, -0.2) is 0 Å². The van der Waals surface area contributed by atoms with Crippen LogP contribution in [0, 0.1) is 22.5 Å². The van der Waals surface area contributed by atoms with Crippen LogP contribution in [0.1, 0.15) is 29.6 Å². The van der Waals surface area contributed by atoms with Crippen LogP contribution in [-0.4, -0.2) is 24.2 Å². The SMILES string of the molecule is O=C(NCC1CCCC1CO)c1cc(I)cc(I)c1I. The van der Waals surface area contributed by atoms with E-state index >= 15 is 0 Å². The molecule has 1 aliphatic rings. The van der Waals surface area contributed by atoms with Crippen LogP contribution >= 0.6 is 67.8 Å². The number of amides is 1. The first-order valence-corrected chi connectivity index (χ1v) is 9.80. The van der Waals surface area contributed by atoms with Crippen molar-refractivity contribution in [2.24, 2.45) is 11.8 Å². The molecule has 0 saturated heterocycles. The maximum atomic E-state index is 12.3. The summed E-state index contributed by atoms with van der Waals surface area (Å²) in [5, 5.41) is 12.4. The summed E-state index contributed by atoms with van der Waals surface area (Å²) in [7, 11) is 0. The molecular formula is C14H16I3NO2. The van der Waals surface area contributed by atoms with Crippen LogP contribution in [-0.2, 0) is 0 Å². The summed E-state index contributed by atoms with van der Waals surface area (Å²) in [6.45, 7) is 0.904. The Labute approximate surface area is 160 Å². The third kappa shape index (κ3) is 4.19. The van der Waals surface area contributed by atoms with Gasteiger partial charge in [0, 0.05) is 23.9 Å². The van der Waals surface area contributed by atoms with Crippen molar-refractivity contribution in [3.05, 3.63) is 28.4 Å². The lowest BCUT2D eigenvalue weighted by atomic mass is 9.97. The number of nitrogens with one attached hydrogen (secondary N) is 1. The third-order valence-electron chi connectivity index (χ3n) is 3.81. The van der Waals surface area contributed by atoms with Crippen molar-refractivity contribution in [3.8, 4) is 0 Å². The standard InChI is InChI=1S/C14H16I3NO2/c15-10-4-11(13(17)12(16)5-10)14(20)18-6-8-2-1-3-9(8)7-19/h4-5,8-9,19H,1-3,6-7H2,(H,18,20). The van der Waals surface area contributed by atoms with E-state index in [2.05, 4.69) is 79.2 Å². The number of hydrogen-bond acceptors (Lipinski definition) is 2. The smallest absolute Gasteiger partial charge is 0.252 e. The summed E-state index contributed by atoms with van der Waals surface area (Å²) in [6, 6.07) is 4.00. The largest absolute Gasteiger partial charge is 0.396 e. The highest BCUT2D eigenvalue weighted by molar-refractivity contribution is 14.1. The fourth-order valence-electron chi connectivity index (χ4n) is 2.66. The zero-order valence-electron chi connectivity index (χ0n) is 10.8. The maximum Gasteiger partial charge on any atom is 0.252 e. The predicted octanol–water partition coefficient (Wildman–Crippen LogP) is 3.64. The van der Waals surface area contributed by atoms with E-state index in [1.54, 1.807) is 0 Å². The van der Waals surface area contributed by atoms with Crippen LogP contribution in [0.4, 0.5) is 0 Å². The Morgan fingerprint density at radius 1 is 1.25 bits per heavy atom. The van der Waals surface area contributed by atoms with Gasteiger partial charge in [-0.05, 0) is 105 Å². The number of hydrogen-bond donors (Lipinski definition) is 2. The maximum absolute atomic E-state index is 12.3. The van der Waals surface area contributed by atoms with Crippen molar-refractivity contribution in [2.75, 3.05) is 13.2 Å². The molecule has 20 heavy (non-hydrogen) atoms. The number of rotatable bonds is 4. The average Bonchev–Trinajstić information content (AvgIpc) is 2.87. The quantitative estimate of drug-likeness (QED) is 0.404. The van der Waals surface area contributed by atoms with Gasteiger partial charge in [0.15, 0.2) is 0 Å². The number of carbonyl (C=O) groups is 1. The van der Waals surface area contributed by atoms with Crippen LogP contribution in [0.15, 0.2) is 12.1 Å². The highest BCUT2D eigenvalue weighted by atomic mass is 127. The van der Waals surface area contributed by atoms with E-state index in [1.165, 1.54) is 0 Å². The van der Waals surface area contributed by atoms with E-state index in [0.717, 1.165) is 35.5 Å². The number of carbonyl (C=O) groups excluding carboxylic acids is 1. The highest BCUT2D eigenvalue weighted by Crippen LogP contribution is 2.30. The van der Waals surface area contributed by atoms with E-state index in [4.69, 9.17) is 0 Å². The molecular weight excluding hydrogens is 595 g/mol. The van der Waals surface area contributed by atoms with Gasteiger partial charge >= 0.3 is 0 Å². The highest BCUT2D eigenvalue weighted by Gasteiger charge is 2.27. The van der Waals surface area contributed by atoms with Crippen molar-refractivity contribution < 1.29 is 9.90 Å². The molecule has 2 unspecified atom stereocenters. The lowest BCUT2D eigenvalue weighted by Crippen LogP contribution is -2.32. The van der Waals surface area contributed by atoms with E-state index in [9.17, 15) is 9.90 Å². The molecule has 0 radical (unpaired) electrons. The molecule has 3 nitrogen and oxygen atoms in total. The second-order valence-electron chi connectivity index (χ2n) is 5.09. The van der Waals surface area contributed by atoms with Gasteiger partial charge in [-0.15, -0.1) is 0 Å². The van der Waals surface area contributed by atoms with Gasteiger partial charge in [0.05, 0.1) is 5.56 Å². The normalized spacial score (nSPS) is 22.0. The van der Waals surface area contributed by atoms with Gasteiger partial charge < -0.3 is 10.4 Å². The Morgan fingerprint density at radius 2 is 1.95 bits per heavy atom. The Balaban J connectivity index is 2.02. The second kappa shape index (κ2) is 7.91. The van der Waals surface area contributed by atoms with E-state index < -0.39 is 0 Å². The average molecular weight is 611 g/mol. The van der Waals surface area contributed by atoms with E-state index in [-0.39, 0.29) is 12.5 Å². The van der Waals surface area contributed by atoms with Crippen LogP contribution in [0.5, 0.6) is 0 Å². The van der Waals surface area contributed by atoms with E-state index in [0.29, 0.717) is 18.4 Å². The van der Waals surface area contributed by atoms with Crippen molar-refractivity contribution >= 4 is 73.7 Å². The van der Waals surface area contributed by atoms with Crippen molar-refractivity contribution in [1.82, 2.24) is 5.32 Å². The lowest BCUT2D eigenvalue weighted by molar-refractivity contribution is 0.0936. The zero-order chi connectivity index (χ0) is 14.7. The summed E-state index contributed by atoms with van der Waals surface area (Å²) < 4.78 is 3.19. The monoisotopic (exact) mass is 611 g/mol. The van der Waals surface area contributed by atoms with Crippen molar-refractivity contribution in [1.29, 1.82) is 0 Å². The molecule has 0 bridgehead atoms. The van der Waals surface area contributed by atoms with Crippen molar-refractivity contribution in [2.45, 2.75) is 19.3 Å². The van der Waals surface area contributed by atoms with Gasteiger partial charge in [0.2, 0.25) is 0 Å². The number of aliphatic hydroxyl groups is 1. The Hall–Kier alpha value is 0.840. The first-order valence-electron chi connectivity index (χ1n) is 6.56. The molecule has 0 spiro atoms. The molecule has 0 heterocycles. The summed E-state index contributed by atoms with van der Waals surface area (Å²) in [4.78, 5) is 12.3. The lowest BCUT2D eigenvalue weighted by Gasteiger charge is -2.18. The molecule has 1 amide bonds. The summed E-state index contributed by atoms with van der Waals surface area (Å²) in [5.41, 5.74) is 0.750. The molecule has 2 atom stereocenters. The molecule has 110 valence electrons. The Morgan fingerprint density at radius 3 is 2.65 bits per heavy atom. The summed E-state index contributed by atoms with van der Waals surface area (Å²) in [6.07, 6.45) is 3.34. The third-order valence-corrected chi connectivity index (χ3v) is 7.48. The number of aliphatic hydroxyl groups excluding tert-OH is 1. The van der Waals surface area contributed by atoms with Gasteiger partial charge in [-0.3, -0.25) is 4.79 Å². The van der Waals surface area contributed by atoms with Crippen LogP contribution in [0.3, 0.4) is 0 Å². The van der Waals surface area contributed by atoms with Crippen molar-refractivity contribution in [3.63, 3.8) is 0 Å². The van der Waals surface area contributed by atoms with Gasteiger partial charge in [0.1, 0.15) is 0 Å². The topological polar surface area (TPSA) is 49.3 Å².